The zero-order chi connectivity index (χ0) is 19.3. The predicted octanol–water partition coefficient (Wildman–Crippen LogP) is 3.17. The highest BCUT2D eigenvalue weighted by atomic mass is 16.2. The average Bonchev–Trinajstić information content (AvgIpc) is 2.98. The van der Waals surface area contributed by atoms with Crippen LogP contribution < -0.4 is 5.32 Å². The van der Waals surface area contributed by atoms with Gasteiger partial charge in [-0.1, -0.05) is 55.0 Å². The van der Waals surface area contributed by atoms with Crippen LogP contribution in [-0.4, -0.2) is 26.5 Å². The summed E-state index contributed by atoms with van der Waals surface area (Å²) in [5, 5.41) is 11.4. The van der Waals surface area contributed by atoms with Crippen LogP contribution in [0.4, 0.5) is 0 Å². The highest BCUT2D eigenvalue weighted by Crippen LogP contribution is 2.16. The number of aromatic nitrogens is 3. The molecule has 1 aliphatic heterocycles. The molecule has 0 aliphatic carbocycles. The molecule has 4 rings (SSSR count). The summed E-state index contributed by atoms with van der Waals surface area (Å²) in [6, 6.07) is 15.9. The van der Waals surface area contributed by atoms with Crippen LogP contribution in [0, 0.1) is 0 Å². The second-order valence-electron chi connectivity index (χ2n) is 6.92. The Balaban J connectivity index is 1.52. The molecule has 1 N–H and O–H groups in total. The summed E-state index contributed by atoms with van der Waals surface area (Å²) in [5.41, 5.74) is 1.32. The summed E-state index contributed by atoms with van der Waals surface area (Å²) in [4.78, 5) is 25.6. The molecule has 0 spiro atoms. The summed E-state index contributed by atoms with van der Waals surface area (Å²) in [6.07, 6.45) is 4.33. The first-order valence-electron chi connectivity index (χ1n) is 9.62. The van der Waals surface area contributed by atoms with Crippen molar-refractivity contribution in [2.45, 2.75) is 38.8 Å². The van der Waals surface area contributed by atoms with Gasteiger partial charge in [0.05, 0.1) is 12.1 Å². The molecule has 2 aromatic carbocycles. The first kappa shape index (κ1) is 18.1. The lowest BCUT2D eigenvalue weighted by Gasteiger charge is -2.11. The minimum atomic E-state index is -0.286. The van der Waals surface area contributed by atoms with Crippen molar-refractivity contribution in [1.29, 1.82) is 0 Å². The number of amides is 1. The van der Waals surface area contributed by atoms with Crippen molar-refractivity contribution in [1.82, 2.24) is 20.1 Å². The van der Waals surface area contributed by atoms with Crippen molar-refractivity contribution in [3.05, 3.63) is 82.9 Å². The molecule has 2 heterocycles. The van der Waals surface area contributed by atoms with Gasteiger partial charge in [0.1, 0.15) is 5.82 Å². The van der Waals surface area contributed by atoms with E-state index < -0.39 is 0 Å². The second kappa shape index (κ2) is 8.17. The molecule has 1 aliphatic rings. The van der Waals surface area contributed by atoms with E-state index in [1.54, 1.807) is 36.4 Å². The zero-order valence-electron chi connectivity index (χ0n) is 15.6. The monoisotopic (exact) mass is 374 g/mol. The maximum atomic E-state index is 12.8. The number of aryl methyl sites for hydroxylation is 1. The zero-order valence-corrected chi connectivity index (χ0v) is 15.6. The molecule has 0 radical (unpaired) electrons. The van der Waals surface area contributed by atoms with Crippen LogP contribution in [0.5, 0.6) is 0 Å². The molecule has 0 saturated heterocycles. The molecule has 0 unspecified atom stereocenters. The first-order chi connectivity index (χ1) is 13.7. The van der Waals surface area contributed by atoms with Gasteiger partial charge in [-0.2, -0.15) is 0 Å². The van der Waals surface area contributed by atoms with Crippen LogP contribution >= 0.6 is 0 Å². The summed E-state index contributed by atoms with van der Waals surface area (Å²) in [7, 11) is 0. The Bertz CT molecular complexity index is 995. The van der Waals surface area contributed by atoms with Crippen LogP contribution in [0.25, 0.3) is 0 Å². The molecule has 3 aromatic rings. The van der Waals surface area contributed by atoms with Gasteiger partial charge in [0.2, 0.25) is 0 Å². The number of nitrogens with zero attached hydrogens (tertiary/aromatic N) is 3. The van der Waals surface area contributed by atoms with Crippen molar-refractivity contribution < 1.29 is 9.59 Å². The fourth-order valence-corrected chi connectivity index (χ4v) is 3.55. The smallest absolute Gasteiger partial charge is 0.252 e. The molecule has 0 fully saturated rings. The second-order valence-corrected chi connectivity index (χ2v) is 6.92. The summed E-state index contributed by atoms with van der Waals surface area (Å²) >= 11 is 0. The maximum Gasteiger partial charge on any atom is 0.252 e. The van der Waals surface area contributed by atoms with Gasteiger partial charge < -0.3 is 9.88 Å². The van der Waals surface area contributed by atoms with E-state index in [0.717, 1.165) is 37.5 Å². The lowest BCUT2D eigenvalue weighted by atomic mass is 9.98. The van der Waals surface area contributed by atoms with Crippen LogP contribution in [-0.2, 0) is 19.5 Å². The number of hydrogen-bond acceptors (Lipinski definition) is 4. The number of carbonyl (C=O) groups excluding carboxylic acids is 2. The third kappa shape index (κ3) is 3.71. The quantitative estimate of drug-likeness (QED) is 0.696. The van der Waals surface area contributed by atoms with E-state index in [2.05, 4.69) is 20.1 Å². The largest absolute Gasteiger partial charge is 0.345 e. The third-order valence-corrected chi connectivity index (χ3v) is 5.05. The summed E-state index contributed by atoms with van der Waals surface area (Å²) in [5.74, 6) is 1.30. The van der Waals surface area contributed by atoms with E-state index in [1.165, 1.54) is 6.42 Å². The number of fused-ring (bicyclic) bond motifs is 1. The molecule has 0 saturated carbocycles. The normalized spacial score (nSPS) is 13.4. The SMILES string of the molecule is O=C(NCc1nnc2n1CCCCC2)c1ccccc1C(=O)c1ccccc1. The molecule has 142 valence electrons. The Morgan fingerprint density at radius 2 is 1.64 bits per heavy atom. The predicted molar refractivity (Wildman–Crippen MR) is 105 cm³/mol. The van der Waals surface area contributed by atoms with E-state index in [4.69, 9.17) is 0 Å². The highest BCUT2D eigenvalue weighted by Gasteiger charge is 2.19. The number of nitrogens with one attached hydrogen (secondary N) is 1. The molecule has 0 bridgehead atoms. The fourth-order valence-electron chi connectivity index (χ4n) is 3.55. The van der Waals surface area contributed by atoms with Gasteiger partial charge in [-0.15, -0.1) is 10.2 Å². The number of ketones is 1. The number of hydrogen-bond donors (Lipinski definition) is 1. The van der Waals surface area contributed by atoms with Gasteiger partial charge in [-0.25, -0.2) is 0 Å². The topological polar surface area (TPSA) is 76.9 Å². The molecule has 28 heavy (non-hydrogen) atoms. The van der Waals surface area contributed by atoms with Gasteiger partial charge in [0.15, 0.2) is 11.6 Å². The molecule has 6 heteroatoms. The van der Waals surface area contributed by atoms with E-state index in [1.807, 2.05) is 18.2 Å². The Morgan fingerprint density at radius 1 is 0.893 bits per heavy atom. The maximum absolute atomic E-state index is 12.8. The van der Waals surface area contributed by atoms with Crippen LogP contribution in [0.2, 0.25) is 0 Å². The van der Waals surface area contributed by atoms with Crippen molar-refractivity contribution in [3.63, 3.8) is 0 Å². The fraction of sp³-hybridized carbons (Fsp3) is 0.273. The van der Waals surface area contributed by atoms with E-state index >= 15 is 0 Å². The Morgan fingerprint density at radius 3 is 2.46 bits per heavy atom. The van der Waals surface area contributed by atoms with Crippen molar-refractivity contribution in [2.24, 2.45) is 0 Å². The lowest BCUT2D eigenvalue weighted by molar-refractivity contribution is 0.0938. The molecule has 1 amide bonds. The Labute approximate surface area is 163 Å². The van der Waals surface area contributed by atoms with E-state index in [-0.39, 0.29) is 11.7 Å². The van der Waals surface area contributed by atoms with Crippen molar-refractivity contribution in [3.8, 4) is 0 Å². The summed E-state index contributed by atoms with van der Waals surface area (Å²) in [6.45, 7) is 1.18. The molecule has 0 atom stereocenters. The lowest BCUT2D eigenvalue weighted by Crippen LogP contribution is -2.26. The van der Waals surface area contributed by atoms with Crippen LogP contribution in [0.15, 0.2) is 54.6 Å². The molecular weight excluding hydrogens is 352 g/mol. The third-order valence-electron chi connectivity index (χ3n) is 5.05. The minimum Gasteiger partial charge on any atom is -0.345 e. The van der Waals surface area contributed by atoms with Gasteiger partial charge in [-0.3, -0.25) is 9.59 Å². The highest BCUT2D eigenvalue weighted by molar-refractivity contribution is 6.15. The van der Waals surface area contributed by atoms with Gasteiger partial charge >= 0.3 is 0 Å². The van der Waals surface area contributed by atoms with E-state index in [0.29, 0.717) is 23.2 Å². The number of carbonyl (C=O) groups is 2. The number of benzene rings is 2. The van der Waals surface area contributed by atoms with Crippen molar-refractivity contribution >= 4 is 11.7 Å². The molecular formula is C22H22N4O2. The van der Waals surface area contributed by atoms with E-state index in [9.17, 15) is 9.59 Å². The first-order valence-corrected chi connectivity index (χ1v) is 9.62. The minimum absolute atomic E-state index is 0.164. The summed E-state index contributed by atoms with van der Waals surface area (Å²) < 4.78 is 2.11. The standard InChI is InChI=1S/C22H22N4O2/c27-21(16-9-3-1-4-10-16)17-11-6-7-12-18(17)22(28)23-15-20-25-24-19-13-5-2-8-14-26(19)20/h1,3-4,6-7,9-12H,2,5,8,13-15H2,(H,23,28). The Hall–Kier alpha value is -3.28. The molecule has 1 aromatic heterocycles. The van der Waals surface area contributed by atoms with Gasteiger partial charge in [0, 0.05) is 24.1 Å². The van der Waals surface area contributed by atoms with Gasteiger partial charge in [-0.05, 0) is 18.9 Å². The van der Waals surface area contributed by atoms with Crippen LogP contribution in [0.3, 0.4) is 0 Å². The van der Waals surface area contributed by atoms with Crippen molar-refractivity contribution in [2.75, 3.05) is 0 Å². The Kier molecular flexibility index (Phi) is 5.28. The molecule has 6 nitrogen and oxygen atoms in total. The number of rotatable bonds is 5. The van der Waals surface area contributed by atoms with Crippen LogP contribution in [0.1, 0.15) is 57.2 Å². The van der Waals surface area contributed by atoms with Gasteiger partial charge in [0.25, 0.3) is 5.91 Å². The average molecular weight is 374 g/mol.